The average molecular weight is 435 g/mol. The number of ether oxygens (including phenoxy) is 1. The van der Waals surface area contributed by atoms with Crippen LogP contribution in [-0.4, -0.2) is 44.0 Å². The van der Waals surface area contributed by atoms with Gasteiger partial charge in [0.05, 0.1) is 18.8 Å². The Morgan fingerprint density at radius 1 is 1.17 bits per heavy atom. The van der Waals surface area contributed by atoms with Gasteiger partial charge < -0.3 is 4.74 Å². The molecular weight excluding hydrogens is 415 g/mol. The molecule has 0 saturated carbocycles. The van der Waals surface area contributed by atoms with Crippen molar-refractivity contribution in [1.82, 2.24) is 23.9 Å². The van der Waals surface area contributed by atoms with Crippen LogP contribution < -0.4 is 0 Å². The molecular formula is C16H20F3N5O4S. The second-order valence-electron chi connectivity index (χ2n) is 7.51. The standard InChI is InChI=1S/C16H20F3N5O4S/c1-5-23-9-12(13(21-23)16(17,18)19)29(26,27)24-7-10-6-22(8-11(10)20-24)14(25)28-15(2,3)4/h7,9H,5-6,8H2,1-4H3. The Kier molecular flexibility index (Phi) is 4.92. The van der Waals surface area contributed by atoms with Crippen LogP contribution in [-0.2, 0) is 40.6 Å². The van der Waals surface area contributed by atoms with Crippen molar-refractivity contribution in [3.8, 4) is 0 Å². The maximum atomic E-state index is 13.3. The van der Waals surface area contributed by atoms with Crippen LogP contribution in [0.25, 0.3) is 0 Å². The Morgan fingerprint density at radius 3 is 2.34 bits per heavy atom. The van der Waals surface area contributed by atoms with E-state index in [9.17, 15) is 26.4 Å². The van der Waals surface area contributed by atoms with Crippen molar-refractivity contribution in [2.45, 2.75) is 64.0 Å². The van der Waals surface area contributed by atoms with E-state index in [1.54, 1.807) is 20.8 Å². The fourth-order valence-corrected chi connectivity index (χ4v) is 4.09. The van der Waals surface area contributed by atoms with Crippen LogP contribution in [0.4, 0.5) is 18.0 Å². The van der Waals surface area contributed by atoms with E-state index >= 15 is 0 Å². The molecule has 1 aliphatic heterocycles. The molecule has 0 spiro atoms. The van der Waals surface area contributed by atoms with Crippen molar-refractivity contribution < 1.29 is 31.1 Å². The van der Waals surface area contributed by atoms with Crippen LogP contribution in [0.2, 0.25) is 0 Å². The number of rotatable bonds is 3. The van der Waals surface area contributed by atoms with Gasteiger partial charge in [0.1, 0.15) is 10.5 Å². The number of halogens is 3. The zero-order valence-corrected chi connectivity index (χ0v) is 17.0. The first-order valence-electron chi connectivity index (χ1n) is 8.68. The van der Waals surface area contributed by atoms with Crippen LogP contribution in [0, 0.1) is 0 Å². The predicted molar refractivity (Wildman–Crippen MR) is 93.2 cm³/mol. The third kappa shape index (κ3) is 4.09. The zero-order chi connectivity index (χ0) is 21.8. The fraction of sp³-hybridized carbons (Fsp3) is 0.562. The van der Waals surface area contributed by atoms with Crippen LogP contribution >= 0.6 is 0 Å². The largest absolute Gasteiger partial charge is 0.444 e. The monoisotopic (exact) mass is 435 g/mol. The molecule has 0 saturated heterocycles. The molecule has 9 nitrogen and oxygen atoms in total. The van der Waals surface area contributed by atoms with Gasteiger partial charge in [-0.2, -0.15) is 35.9 Å². The molecule has 160 valence electrons. The highest BCUT2D eigenvalue weighted by atomic mass is 32.2. The van der Waals surface area contributed by atoms with Crippen LogP contribution in [0.3, 0.4) is 0 Å². The molecule has 2 aromatic heterocycles. The minimum absolute atomic E-state index is 0.00683. The van der Waals surface area contributed by atoms with E-state index < -0.39 is 38.5 Å². The lowest BCUT2D eigenvalue weighted by atomic mass is 10.2. The first-order valence-corrected chi connectivity index (χ1v) is 10.1. The van der Waals surface area contributed by atoms with Gasteiger partial charge in [-0.25, -0.2) is 4.79 Å². The third-order valence-electron chi connectivity index (χ3n) is 4.05. The highest BCUT2D eigenvalue weighted by molar-refractivity contribution is 7.89. The van der Waals surface area contributed by atoms with Crippen molar-refractivity contribution >= 4 is 16.1 Å². The van der Waals surface area contributed by atoms with E-state index in [1.165, 1.54) is 11.8 Å². The summed E-state index contributed by atoms with van der Waals surface area (Å²) in [5.41, 5.74) is -1.51. The Balaban J connectivity index is 1.90. The summed E-state index contributed by atoms with van der Waals surface area (Å²) in [5.74, 6) is 0. The molecule has 0 N–H and O–H groups in total. The number of hydrogen-bond acceptors (Lipinski definition) is 6. The summed E-state index contributed by atoms with van der Waals surface area (Å²) in [4.78, 5) is 12.5. The third-order valence-corrected chi connectivity index (χ3v) is 5.59. The Bertz CT molecular complexity index is 1030. The van der Waals surface area contributed by atoms with E-state index in [2.05, 4.69) is 10.2 Å². The highest BCUT2D eigenvalue weighted by Crippen LogP contribution is 2.34. The maximum Gasteiger partial charge on any atom is 0.436 e. The number of fused-ring (bicyclic) bond motifs is 1. The van der Waals surface area contributed by atoms with Gasteiger partial charge in [0, 0.05) is 24.5 Å². The summed E-state index contributed by atoms with van der Waals surface area (Å²) in [6, 6.07) is 0. The summed E-state index contributed by atoms with van der Waals surface area (Å²) < 4.78 is 72.0. The topological polar surface area (TPSA) is 99.3 Å². The lowest BCUT2D eigenvalue weighted by Crippen LogP contribution is -2.33. The van der Waals surface area contributed by atoms with Crippen molar-refractivity contribution in [1.29, 1.82) is 0 Å². The number of carbonyl (C=O) groups excluding carboxylic acids is 1. The summed E-state index contributed by atoms with van der Waals surface area (Å²) >= 11 is 0. The fourth-order valence-electron chi connectivity index (χ4n) is 2.76. The zero-order valence-electron chi connectivity index (χ0n) is 16.2. The van der Waals surface area contributed by atoms with Gasteiger partial charge in [-0.3, -0.25) is 9.58 Å². The van der Waals surface area contributed by atoms with Gasteiger partial charge in [-0.15, -0.1) is 0 Å². The van der Waals surface area contributed by atoms with Gasteiger partial charge in [0.15, 0.2) is 5.69 Å². The summed E-state index contributed by atoms with van der Waals surface area (Å²) in [5, 5.41) is 7.23. The lowest BCUT2D eigenvalue weighted by molar-refractivity contribution is -0.143. The smallest absolute Gasteiger partial charge is 0.436 e. The highest BCUT2D eigenvalue weighted by Gasteiger charge is 2.42. The number of aromatic nitrogens is 4. The molecule has 0 atom stereocenters. The molecule has 0 fully saturated rings. The maximum absolute atomic E-state index is 13.3. The molecule has 0 radical (unpaired) electrons. The molecule has 0 unspecified atom stereocenters. The van der Waals surface area contributed by atoms with Crippen LogP contribution in [0.1, 0.15) is 44.6 Å². The summed E-state index contributed by atoms with van der Waals surface area (Å²) in [6.45, 7) is 6.77. The van der Waals surface area contributed by atoms with Gasteiger partial charge >= 0.3 is 12.3 Å². The Labute approximate surface area is 165 Å². The molecule has 0 aliphatic carbocycles. The molecule has 1 aliphatic rings. The molecule has 1 amide bonds. The normalized spacial score (nSPS) is 14.9. The van der Waals surface area contributed by atoms with Crippen molar-refractivity contribution in [3.05, 3.63) is 29.3 Å². The molecule has 0 bridgehead atoms. The molecule has 0 aromatic carbocycles. The second-order valence-corrected chi connectivity index (χ2v) is 9.27. The van der Waals surface area contributed by atoms with E-state index in [-0.39, 0.29) is 25.3 Å². The van der Waals surface area contributed by atoms with Gasteiger partial charge in [-0.05, 0) is 27.7 Å². The number of carbonyl (C=O) groups is 1. The first kappa shape index (κ1) is 21.1. The minimum atomic E-state index is -4.94. The number of amides is 1. The van der Waals surface area contributed by atoms with Gasteiger partial charge in [-0.1, -0.05) is 0 Å². The van der Waals surface area contributed by atoms with Crippen molar-refractivity contribution in [3.63, 3.8) is 0 Å². The van der Waals surface area contributed by atoms with E-state index in [4.69, 9.17) is 4.74 Å². The van der Waals surface area contributed by atoms with Gasteiger partial charge in [0.2, 0.25) is 0 Å². The average Bonchev–Trinajstić information content (AvgIpc) is 3.25. The van der Waals surface area contributed by atoms with Gasteiger partial charge in [0.25, 0.3) is 10.0 Å². The summed E-state index contributed by atoms with van der Waals surface area (Å²) in [6.07, 6.45) is -3.59. The number of hydrogen-bond donors (Lipinski definition) is 0. The quantitative estimate of drug-likeness (QED) is 0.735. The van der Waals surface area contributed by atoms with E-state index in [1.807, 2.05) is 0 Å². The second kappa shape index (κ2) is 6.75. The SMILES string of the molecule is CCn1cc(S(=O)(=O)n2cc3c(n2)CN(C(=O)OC(C)(C)C)C3)c(C(F)(F)F)n1. The van der Waals surface area contributed by atoms with Crippen LogP contribution in [0.5, 0.6) is 0 Å². The molecule has 2 aromatic rings. The molecule has 13 heteroatoms. The summed E-state index contributed by atoms with van der Waals surface area (Å²) in [7, 11) is -4.62. The van der Waals surface area contributed by atoms with Crippen molar-refractivity contribution in [2.24, 2.45) is 0 Å². The minimum Gasteiger partial charge on any atom is -0.444 e. The number of aryl methyl sites for hydroxylation is 1. The Morgan fingerprint density at radius 2 is 1.83 bits per heavy atom. The number of nitrogens with zero attached hydrogens (tertiary/aromatic N) is 5. The molecule has 29 heavy (non-hydrogen) atoms. The first-order chi connectivity index (χ1) is 13.2. The lowest BCUT2D eigenvalue weighted by Gasteiger charge is -2.24. The van der Waals surface area contributed by atoms with Crippen molar-refractivity contribution in [2.75, 3.05) is 0 Å². The molecule has 3 heterocycles. The number of alkyl halides is 3. The molecule has 3 rings (SSSR count). The van der Waals surface area contributed by atoms with E-state index in [0.29, 0.717) is 9.65 Å². The predicted octanol–water partition coefficient (Wildman–Crippen LogP) is 2.61. The van der Waals surface area contributed by atoms with Crippen LogP contribution in [0.15, 0.2) is 17.3 Å². The Hall–Kier alpha value is -2.57. The van der Waals surface area contributed by atoms with E-state index in [0.717, 1.165) is 17.1 Å².